The normalized spacial score (nSPS) is 10.3. The van der Waals surface area contributed by atoms with Crippen LogP contribution in [0.25, 0.3) is 0 Å². The van der Waals surface area contributed by atoms with Crippen LogP contribution in [0.3, 0.4) is 0 Å². The maximum Gasteiger partial charge on any atom is 0.123 e. The first kappa shape index (κ1) is 14.3. The Labute approximate surface area is 121 Å². The lowest BCUT2D eigenvalue weighted by molar-refractivity contribution is 0.340. The lowest BCUT2D eigenvalue weighted by atomic mass is 10.2. The Morgan fingerprint density at radius 2 is 1.80 bits per heavy atom. The van der Waals surface area contributed by atoms with Gasteiger partial charge in [0.25, 0.3) is 0 Å². The van der Waals surface area contributed by atoms with Crippen molar-refractivity contribution >= 4 is 11.4 Å². The van der Waals surface area contributed by atoms with Gasteiger partial charge in [0.1, 0.15) is 5.75 Å². The van der Waals surface area contributed by atoms with Crippen LogP contribution in [0.1, 0.15) is 19.4 Å². The predicted molar refractivity (Wildman–Crippen MR) is 85.2 cm³/mol. The molecule has 0 bridgehead atoms. The third kappa shape index (κ3) is 3.67. The van der Waals surface area contributed by atoms with Gasteiger partial charge in [-0.1, -0.05) is 30.3 Å². The highest BCUT2D eigenvalue weighted by Gasteiger charge is 2.08. The van der Waals surface area contributed by atoms with Gasteiger partial charge in [-0.25, -0.2) is 0 Å². The first-order chi connectivity index (χ1) is 9.72. The third-order valence-corrected chi connectivity index (χ3v) is 3.19. The minimum absolute atomic E-state index is 0.647. The highest BCUT2D eigenvalue weighted by Crippen LogP contribution is 2.26. The molecule has 0 aromatic heterocycles. The van der Waals surface area contributed by atoms with Gasteiger partial charge in [-0.15, -0.1) is 0 Å². The van der Waals surface area contributed by atoms with Crippen LogP contribution in [0, 0.1) is 0 Å². The summed E-state index contributed by atoms with van der Waals surface area (Å²) in [7, 11) is 0. The van der Waals surface area contributed by atoms with E-state index < -0.39 is 0 Å². The molecule has 0 amide bonds. The largest absolute Gasteiger partial charge is 0.494 e. The molecule has 0 spiro atoms. The molecule has 2 N–H and O–H groups in total. The molecule has 3 nitrogen and oxygen atoms in total. The molecule has 106 valence electrons. The van der Waals surface area contributed by atoms with Crippen molar-refractivity contribution in [3.05, 3.63) is 54.1 Å². The molecule has 0 saturated carbocycles. The maximum absolute atomic E-state index is 5.97. The molecule has 0 atom stereocenters. The quantitative estimate of drug-likeness (QED) is 0.813. The molecule has 0 aliphatic carbocycles. The van der Waals surface area contributed by atoms with Crippen molar-refractivity contribution < 1.29 is 4.74 Å². The summed E-state index contributed by atoms with van der Waals surface area (Å²) in [4.78, 5) is 2.29. The number of hydrogen-bond acceptors (Lipinski definition) is 3. The van der Waals surface area contributed by atoms with Gasteiger partial charge in [0.15, 0.2) is 0 Å². The monoisotopic (exact) mass is 270 g/mol. The fraction of sp³-hybridized carbons (Fsp3) is 0.294. The van der Waals surface area contributed by atoms with Crippen molar-refractivity contribution in [2.75, 3.05) is 23.8 Å². The summed E-state index contributed by atoms with van der Waals surface area (Å²) in [6.45, 7) is 6.56. The van der Waals surface area contributed by atoms with Crippen LogP contribution in [0.5, 0.6) is 5.75 Å². The van der Waals surface area contributed by atoms with Crippen molar-refractivity contribution in [1.29, 1.82) is 0 Å². The van der Waals surface area contributed by atoms with Crippen LogP contribution in [0.2, 0.25) is 0 Å². The van der Waals surface area contributed by atoms with Gasteiger partial charge in [-0.3, -0.25) is 0 Å². The Hall–Kier alpha value is -2.16. The van der Waals surface area contributed by atoms with E-state index in [4.69, 9.17) is 10.5 Å². The SMILES string of the molecule is CCOc1cc(N)cc(N(CC)Cc2ccccc2)c1. The molecular weight excluding hydrogens is 248 g/mol. The lowest BCUT2D eigenvalue weighted by Gasteiger charge is -2.24. The number of ether oxygens (including phenoxy) is 1. The standard InChI is InChI=1S/C17H22N2O/c1-3-19(13-14-8-6-5-7-9-14)16-10-15(18)11-17(12-16)20-4-2/h5-12H,3-4,13,18H2,1-2H3. The van der Waals surface area contributed by atoms with Crippen molar-refractivity contribution in [3.63, 3.8) is 0 Å². The zero-order valence-electron chi connectivity index (χ0n) is 12.2. The highest BCUT2D eigenvalue weighted by molar-refractivity contribution is 5.60. The van der Waals surface area contributed by atoms with Gasteiger partial charge >= 0.3 is 0 Å². The smallest absolute Gasteiger partial charge is 0.123 e. The van der Waals surface area contributed by atoms with Crippen LogP contribution in [0.4, 0.5) is 11.4 Å². The van der Waals surface area contributed by atoms with E-state index in [0.717, 1.165) is 30.2 Å². The van der Waals surface area contributed by atoms with Crippen molar-refractivity contribution in [3.8, 4) is 5.75 Å². The highest BCUT2D eigenvalue weighted by atomic mass is 16.5. The van der Waals surface area contributed by atoms with Crippen LogP contribution < -0.4 is 15.4 Å². The van der Waals surface area contributed by atoms with Crippen molar-refractivity contribution in [2.24, 2.45) is 0 Å². The Morgan fingerprint density at radius 1 is 1.05 bits per heavy atom. The van der Waals surface area contributed by atoms with E-state index in [1.807, 2.05) is 31.2 Å². The average molecular weight is 270 g/mol. The molecule has 0 heterocycles. The summed E-state index contributed by atoms with van der Waals surface area (Å²) in [5.74, 6) is 0.828. The minimum Gasteiger partial charge on any atom is -0.494 e. The van der Waals surface area contributed by atoms with E-state index >= 15 is 0 Å². The zero-order valence-corrected chi connectivity index (χ0v) is 12.2. The van der Waals surface area contributed by atoms with Gasteiger partial charge in [0.2, 0.25) is 0 Å². The molecule has 3 heteroatoms. The first-order valence-corrected chi connectivity index (χ1v) is 7.05. The summed E-state index contributed by atoms with van der Waals surface area (Å²) in [6.07, 6.45) is 0. The van der Waals surface area contributed by atoms with Crippen LogP contribution in [-0.2, 0) is 6.54 Å². The molecule has 2 rings (SSSR count). The number of rotatable bonds is 6. The number of hydrogen-bond donors (Lipinski definition) is 1. The van der Waals surface area contributed by atoms with Crippen LogP contribution in [0.15, 0.2) is 48.5 Å². The first-order valence-electron chi connectivity index (χ1n) is 7.05. The topological polar surface area (TPSA) is 38.5 Å². The number of nitrogen functional groups attached to an aromatic ring is 1. The molecule has 0 unspecified atom stereocenters. The zero-order chi connectivity index (χ0) is 14.4. The fourth-order valence-corrected chi connectivity index (χ4v) is 2.23. The summed E-state index contributed by atoms with van der Waals surface area (Å²) < 4.78 is 5.57. The van der Waals surface area contributed by atoms with Crippen molar-refractivity contribution in [2.45, 2.75) is 20.4 Å². The average Bonchev–Trinajstić information content (AvgIpc) is 2.45. The fourth-order valence-electron chi connectivity index (χ4n) is 2.23. The third-order valence-electron chi connectivity index (χ3n) is 3.19. The molecular formula is C17H22N2O. The van der Waals surface area contributed by atoms with E-state index in [2.05, 4.69) is 36.1 Å². The van der Waals surface area contributed by atoms with Gasteiger partial charge < -0.3 is 15.4 Å². The summed E-state index contributed by atoms with van der Waals surface area (Å²) in [5.41, 5.74) is 9.09. The van der Waals surface area contributed by atoms with Gasteiger partial charge in [0.05, 0.1) is 6.61 Å². The molecule has 2 aromatic carbocycles. The second kappa shape index (κ2) is 6.85. The Kier molecular flexibility index (Phi) is 4.88. The van der Waals surface area contributed by atoms with Gasteiger partial charge in [0, 0.05) is 36.6 Å². The maximum atomic E-state index is 5.97. The summed E-state index contributed by atoms with van der Waals surface area (Å²) in [6, 6.07) is 16.3. The Bertz CT molecular complexity index is 540. The van der Waals surface area contributed by atoms with E-state index in [9.17, 15) is 0 Å². The summed E-state index contributed by atoms with van der Waals surface area (Å²) in [5, 5.41) is 0. The molecule has 0 saturated heterocycles. The van der Waals surface area contributed by atoms with Crippen LogP contribution >= 0.6 is 0 Å². The molecule has 2 aromatic rings. The van der Waals surface area contributed by atoms with Crippen molar-refractivity contribution in [1.82, 2.24) is 0 Å². The van der Waals surface area contributed by atoms with Crippen LogP contribution in [-0.4, -0.2) is 13.2 Å². The molecule has 20 heavy (non-hydrogen) atoms. The lowest BCUT2D eigenvalue weighted by Crippen LogP contribution is -2.22. The Balaban J connectivity index is 2.22. The second-order valence-electron chi connectivity index (χ2n) is 4.69. The minimum atomic E-state index is 0.647. The molecule has 0 fully saturated rings. The summed E-state index contributed by atoms with van der Waals surface area (Å²) >= 11 is 0. The number of nitrogens with two attached hydrogens (primary N) is 1. The predicted octanol–water partition coefficient (Wildman–Crippen LogP) is 3.69. The molecule has 0 radical (unpaired) electrons. The van der Waals surface area contributed by atoms with E-state index in [-0.39, 0.29) is 0 Å². The molecule has 0 aliphatic rings. The van der Waals surface area contributed by atoms with E-state index in [0.29, 0.717) is 6.61 Å². The number of benzene rings is 2. The number of anilines is 2. The van der Waals surface area contributed by atoms with Gasteiger partial charge in [-0.05, 0) is 25.5 Å². The number of nitrogens with zero attached hydrogens (tertiary/aromatic N) is 1. The van der Waals surface area contributed by atoms with Gasteiger partial charge in [-0.2, -0.15) is 0 Å². The molecule has 0 aliphatic heterocycles. The van der Waals surface area contributed by atoms with E-state index in [1.165, 1.54) is 5.56 Å². The second-order valence-corrected chi connectivity index (χ2v) is 4.69. The van der Waals surface area contributed by atoms with E-state index in [1.54, 1.807) is 0 Å². The Morgan fingerprint density at radius 3 is 2.45 bits per heavy atom.